The number of ketones is 1. The highest BCUT2D eigenvalue weighted by atomic mass is 19.1. The number of H-pyrrole nitrogens is 1. The minimum atomic E-state index is -0.386. The molecule has 218 valence electrons. The summed E-state index contributed by atoms with van der Waals surface area (Å²) in [5, 5.41) is 3.29. The third kappa shape index (κ3) is 6.54. The van der Waals surface area contributed by atoms with E-state index in [1.54, 1.807) is 18.5 Å². The highest BCUT2D eigenvalue weighted by Gasteiger charge is 2.58. The fourth-order valence-corrected chi connectivity index (χ4v) is 6.20. The number of hydrogen-bond acceptors (Lipinski definition) is 7. The summed E-state index contributed by atoms with van der Waals surface area (Å²) in [4.78, 5) is 41.6. The van der Waals surface area contributed by atoms with Gasteiger partial charge >= 0.3 is 0 Å². The van der Waals surface area contributed by atoms with Crippen LogP contribution >= 0.6 is 0 Å². The van der Waals surface area contributed by atoms with Crippen molar-refractivity contribution in [1.29, 1.82) is 0 Å². The zero-order valence-corrected chi connectivity index (χ0v) is 23.9. The Kier molecular flexibility index (Phi) is 9.15. The van der Waals surface area contributed by atoms with Gasteiger partial charge in [0.05, 0.1) is 31.1 Å². The van der Waals surface area contributed by atoms with Crippen molar-refractivity contribution in [3.05, 3.63) is 30.1 Å². The van der Waals surface area contributed by atoms with E-state index in [0.717, 1.165) is 51.6 Å². The predicted octanol–water partition coefficient (Wildman–Crippen LogP) is 4.27. The fourth-order valence-electron chi connectivity index (χ4n) is 6.20. The molecule has 1 spiro atoms. The van der Waals surface area contributed by atoms with E-state index in [1.165, 1.54) is 0 Å². The molecular weight excluding hydrogens is 511 g/mol. The third-order valence-corrected chi connectivity index (χ3v) is 9.05. The number of nitrogens with zero attached hydrogens (tertiary/aromatic N) is 4. The Morgan fingerprint density at radius 3 is 2.70 bits per heavy atom. The Hall–Kier alpha value is -2.85. The summed E-state index contributed by atoms with van der Waals surface area (Å²) in [6.45, 7) is 6.26. The van der Waals surface area contributed by atoms with Gasteiger partial charge in [-0.1, -0.05) is 19.8 Å². The van der Waals surface area contributed by atoms with Crippen LogP contribution in [0.4, 0.5) is 10.2 Å². The number of hydrogen-bond donors (Lipinski definition) is 2. The number of aromatic nitrogens is 3. The minimum Gasteiger partial charge on any atom is -0.378 e. The maximum atomic E-state index is 15.6. The van der Waals surface area contributed by atoms with Gasteiger partial charge in [-0.15, -0.1) is 0 Å². The lowest BCUT2D eigenvalue weighted by atomic mass is 9.91. The van der Waals surface area contributed by atoms with E-state index in [-0.39, 0.29) is 34.9 Å². The number of unbranched alkanes of at least 4 members (excludes halogenated alkanes) is 2. The number of morpholine rings is 1. The molecule has 1 aliphatic carbocycles. The van der Waals surface area contributed by atoms with Crippen LogP contribution in [0.1, 0.15) is 76.6 Å². The topological polar surface area (TPSA) is 103 Å². The Balaban J connectivity index is 1.29. The summed E-state index contributed by atoms with van der Waals surface area (Å²) in [5.41, 5.74) is 1.12. The first-order valence-electron chi connectivity index (χ1n) is 14.9. The summed E-state index contributed by atoms with van der Waals surface area (Å²) < 4.78 is 21.0. The molecule has 2 aromatic rings. The van der Waals surface area contributed by atoms with Crippen molar-refractivity contribution in [2.45, 2.75) is 70.8 Å². The smallest absolute Gasteiger partial charge is 0.224 e. The van der Waals surface area contributed by atoms with Crippen LogP contribution in [-0.4, -0.2) is 78.0 Å². The molecule has 3 aliphatic rings. The highest BCUT2D eigenvalue weighted by Crippen LogP contribution is 2.59. The maximum Gasteiger partial charge on any atom is 0.224 e. The van der Waals surface area contributed by atoms with Gasteiger partial charge in [-0.05, 0) is 63.7 Å². The van der Waals surface area contributed by atoms with Crippen LogP contribution < -0.4 is 10.2 Å². The maximum absolute atomic E-state index is 15.6. The van der Waals surface area contributed by atoms with Crippen molar-refractivity contribution in [3.63, 3.8) is 0 Å². The number of carbonyl (C=O) groups excluding carboxylic acids is 2. The number of ether oxygens (including phenoxy) is 1. The van der Waals surface area contributed by atoms with Crippen LogP contribution in [0.15, 0.2) is 18.5 Å². The van der Waals surface area contributed by atoms with Crippen molar-refractivity contribution < 1.29 is 18.7 Å². The molecule has 2 N–H and O–H groups in total. The molecule has 5 rings (SSSR count). The monoisotopic (exact) mass is 554 g/mol. The number of carbonyl (C=O) groups is 2. The number of aromatic amines is 1. The SMILES string of the molecule is CCC(=O)CCCCC[C@H](NC(=O)[C@H]1CC12CCN(C)CC2)c1ncc(-c2ccnc(N3CCOCC3)c2F)[nH]1. The van der Waals surface area contributed by atoms with E-state index in [4.69, 9.17) is 4.74 Å². The molecule has 1 amide bonds. The van der Waals surface area contributed by atoms with Gasteiger partial charge < -0.3 is 24.8 Å². The van der Waals surface area contributed by atoms with Gasteiger partial charge in [0, 0.05) is 43.6 Å². The Morgan fingerprint density at radius 2 is 1.95 bits per heavy atom. The number of halogens is 1. The van der Waals surface area contributed by atoms with E-state index in [2.05, 4.69) is 32.2 Å². The number of amides is 1. The van der Waals surface area contributed by atoms with Gasteiger partial charge in [-0.3, -0.25) is 9.59 Å². The first kappa shape index (κ1) is 28.7. The van der Waals surface area contributed by atoms with Gasteiger partial charge in [0.1, 0.15) is 11.6 Å². The summed E-state index contributed by atoms with van der Waals surface area (Å²) in [6, 6.07) is 1.36. The summed E-state index contributed by atoms with van der Waals surface area (Å²) in [7, 11) is 2.14. The second-order valence-electron chi connectivity index (χ2n) is 11.8. The van der Waals surface area contributed by atoms with E-state index in [1.807, 2.05) is 11.8 Å². The van der Waals surface area contributed by atoms with Gasteiger partial charge in [-0.25, -0.2) is 14.4 Å². The van der Waals surface area contributed by atoms with Crippen LogP contribution in [-0.2, 0) is 14.3 Å². The molecule has 4 heterocycles. The van der Waals surface area contributed by atoms with Gasteiger partial charge in [0.25, 0.3) is 0 Å². The Bertz CT molecular complexity index is 1170. The van der Waals surface area contributed by atoms with E-state index < -0.39 is 0 Å². The third-order valence-electron chi connectivity index (χ3n) is 9.05. The molecule has 2 atom stereocenters. The molecule has 3 fully saturated rings. The number of anilines is 1. The quantitative estimate of drug-likeness (QED) is 0.378. The standard InChI is InChI=1S/C30H43FN6O3/c1-3-21(38)7-5-4-6-8-24(35-29(39)23-19-30(23)10-13-36(2)14-11-30)27-33-20-25(34-27)22-9-12-32-28(26(22)31)37-15-17-40-18-16-37/h9,12,20,23-24H,3-8,10-11,13-19H2,1-2H3,(H,33,34)(H,35,39)/t23-,24+/m1/s1. The zero-order valence-electron chi connectivity index (χ0n) is 23.9. The highest BCUT2D eigenvalue weighted by molar-refractivity contribution is 5.83. The first-order valence-corrected chi connectivity index (χ1v) is 14.9. The minimum absolute atomic E-state index is 0.0500. The average molecular weight is 555 g/mol. The van der Waals surface area contributed by atoms with Gasteiger partial charge in [-0.2, -0.15) is 0 Å². The number of Topliss-reactive ketones (excluding diaryl/α,β-unsaturated/α-hetero) is 1. The van der Waals surface area contributed by atoms with Crippen molar-refractivity contribution in [2.24, 2.45) is 11.3 Å². The molecule has 1 saturated carbocycles. The first-order chi connectivity index (χ1) is 19.4. The molecule has 0 unspecified atom stereocenters. The second-order valence-corrected chi connectivity index (χ2v) is 11.8. The number of imidazole rings is 1. The number of piperidine rings is 1. The van der Waals surface area contributed by atoms with Gasteiger partial charge in [0.2, 0.25) is 5.91 Å². The second kappa shape index (κ2) is 12.8. The van der Waals surface area contributed by atoms with E-state index >= 15 is 4.39 Å². The number of rotatable bonds is 12. The van der Waals surface area contributed by atoms with Crippen molar-refractivity contribution in [3.8, 4) is 11.3 Å². The number of likely N-dealkylation sites (tertiary alicyclic amines) is 1. The fraction of sp³-hybridized carbons (Fsp3) is 0.667. The van der Waals surface area contributed by atoms with Gasteiger partial charge in [0.15, 0.2) is 11.6 Å². The van der Waals surface area contributed by atoms with Crippen LogP contribution in [0.5, 0.6) is 0 Å². The van der Waals surface area contributed by atoms with E-state index in [9.17, 15) is 9.59 Å². The summed E-state index contributed by atoms with van der Waals surface area (Å²) in [6.07, 6.45) is 10.9. The lowest BCUT2D eigenvalue weighted by molar-refractivity contribution is -0.124. The molecular formula is C30H43FN6O3. The number of nitrogens with one attached hydrogen (secondary N) is 2. The van der Waals surface area contributed by atoms with Crippen molar-refractivity contribution in [2.75, 3.05) is 51.3 Å². The summed E-state index contributed by atoms with van der Waals surface area (Å²) >= 11 is 0. The molecule has 9 nitrogen and oxygen atoms in total. The molecule has 0 bridgehead atoms. The summed E-state index contributed by atoms with van der Waals surface area (Å²) in [5.74, 6) is 1.000. The zero-order chi connectivity index (χ0) is 28.1. The van der Waals surface area contributed by atoms with Crippen molar-refractivity contribution in [1.82, 2.24) is 25.2 Å². The van der Waals surface area contributed by atoms with Crippen molar-refractivity contribution >= 4 is 17.5 Å². The van der Waals surface area contributed by atoms with Crippen LogP contribution in [0, 0.1) is 17.2 Å². The van der Waals surface area contributed by atoms with E-state index in [0.29, 0.717) is 68.5 Å². The molecule has 2 saturated heterocycles. The lowest BCUT2D eigenvalue weighted by Crippen LogP contribution is -2.37. The molecule has 2 aromatic heterocycles. The molecule has 0 aromatic carbocycles. The average Bonchev–Trinajstić information content (AvgIpc) is 3.46. The van der Waals surface area contributed by atoms with Crippen LogP contribution in [0.2, 0.25) is 0 Å². The molecule has 40 heavy (non-hydrogen) atoms. The predicted molar refractivity (Wildman–Crippen MR) is 151 cm³/mol. The lowest BCUT2D eigenvalue weighted by Gasteiger charge is -2.30. The number of pyridine rings is 1. The largest absolute Gasteiger partial charge is 0.378 e. The van der Waals surface area contributed by atoms with Crippen LogP contribution in [0.3, 0.4) is 0 Å². The Morgan fingerprint density at radius 1 is 1.18 bits per heavy atom. The Labute approximate surface area is 236 Å². The molecule has 2 aliphatic heterocycles. The van der Waals surface area contributed by atoms with Crippen LogP contribution in [0.25, 0.3) is 11.3 Å². The molecule has 10 heteroatoms. The normalized spacial score (nSPS) is 21.4. The molecule has 0 radical (unpaired) electrons.